The van der Waals surface area contributed by atoms with E-state index in [0.29, 0.717) is 22.8 Å². The quantitative estimate of drug-likeness (QED) is 0.254. The van der Waals surface area contributed by atoms with Gasteiger partial charge in [-0.25, -0.2) is 4.79 Å². The van der Waals surface area contributed by atoms with E-state index in [-0.39, 0.29) is 12.5 Å². The summed E-state index contributed by atoms with van der Waals surface area (Å²) in [6.45, 7) is 2.61. The van der Waals surface area contributed by atoms with Crippen molar-refractivity contribution in [1.29, 1.82) is 0 Å². The number of hydrogen-bond donors (Lipinski definition) is 1. The highest BCUT2D eigenvalue weighted by molar-refractivity contribution is 7.17. The van der Waals surface area contributed by atoms with E-state index in [9.17, 15) is 9.59 Å². The van der Waals surface area contributed by atoms with Gasteiger partial charge in [0.1, 0.15) is 16.3 Å². The molecule has 1 N–H and O–H groups in total. The minimum Gasteiger partial charge on any atom is -0.462 e. The maximum absolute atomic E-state index is 13.5. The van der Waals surface area contributed by atoms with Gasteiger partial charge in [0.05, 0.1) is 16.8 Å². The van der Waals surface area contributed by atoms with Crippen molar-refractivity contribution in [1.82, 2.24) is 4.57 Å². The molecule has 7 heteroatoms. The maximum atomic E-state index is 13.5. The molecule has 0 radical (unpaired) electrons. The number of hydrogen-bond acceptors (Lipinski definition) is 5. The van der Waals surface area contributed by atoms with Crippen LogP contribution < -0.4 is 5.32 Å². The number of carbonyl (C=O) groups excluding carboxylic acids is 2. The standard InChI is InChI=1S/C27H22N2O3S2/c1-2-32-27(31)24-20(19-11-7-4-8-12-19)17-34-26(24)28-25(30)22-15-23-21(13-14-33-23)29(22)16-18-9-5-3-6-10-18/h3-15,17H,2,16H2,1H3,(H,28,30). The van der Waals surface area contributed by atoms with Crippen molar-refractivity contribution in [2.75, 3.05) is 11.9 Å². The van der Waals surface area contributed by atoms with Crippen LogP contribution in [0.5, 0.6) is 0 Å². The number of thiophene rings is 2. The molecule has 0 atom stereocenters. The van der Waals surface area contributed by atoms with Crippen LogP contribution in [0.4, 0.5) is 5.00 Å². The van der Waals surface area contributed by atoms with Crippen LogP contribution >= 0.6 is 22.7 Å². The van der Waals surface area contributed by atoms with E-state index in [4.69, 9.17) is 4.74 Å². The van der Waals surface area contributed by atoms with Crippen LogP contribution in [0, 0.1) is 0 Å². The summed E-state index contributed by atoms with van der Waals surface area (Å²) < 4.78 is 8.39. The molecule has 170 valence electrons. The van der Waals surface area contributed by atoms with E-state index in [0.717, 1.165) is 26.9 Å². The Kier molecular flexibility index (Phi) is 6.29. The summed E-state index contributed by atoms with van der Waals surface area (Å²) in [5, 5.41) is 7.39. The first-order chi connectivity index (χ1) is 16.7. The molecular formula is C27H22N2O3S2. The largest absolute Gasteiger partial charge is 0.462 e. The van der Waals surface area contributed by atoms with E-state index < -0.39 is 5.97 Å². The number of carbonyl (C=O) groups is 2. The highest BCUT2D eigenvalue weighted by Crippen LogP contribution is 2.37. The molecule has 0 saturated carbocycles. The number of fused-ring (bicyclic) bond motifs is 1. The van der Waals surface area contributed by atoms with Crippen molar-refractivity contribution in [3.63, 3.8) is 0 Å². The molecule has 5 aromatic rings. The smallest absolute Gasteiger partial charge is 0.341 e. The monoisotopic (exact) mass is 486 g/mol. The average molecular weight is 487 g/mol. The molecule has 0 aliphatic carbocycles. The van der Waals surface area contributed by atoms with Crippen LogP contribution in [0.25, 0.3) is 21.3 Å². The summed E-state index contributed by atoms with van der Waals surface area (Å²) in [5.74, 6) is -0.704. The molecule has 3 aromatic heterocycles. The number of esters is 1. The molecule has 0 bridgehead atoms. The van der Waals surface area contributed by atoms with Crippen molar-refractivity contribution >= 4 is 49.8 Å². The van der Waals surface area contributed by atoms with Gasteiger partial charge >= 0.3 is 5.97 Å². The lowest BCUT2D eigenvalue weighted by atomic mass is 10.0. The molecule has 0 unspecified atom stereocenters. The lowest BCUT2D eigenvalue weighted by Crippen LogP contribution is -2.18. The van der Waals surface area contributed by atoms with Gasteiger partial charge in [-0.2, -0.15) is 0 Å². The van der Waals surface area contributed by atoms with Gasteiger partial charge in [0.25, 0.3) is 5.91 Å². The van der Waals surface area contributed by atoms with Crippen molar-refractivity contribution in [3.05, 3.63) is 100 Å². The highest BCUT2D eigenvalue weighted by Gasteiger charge is 2.24. The predicted molar refractivity (Wildman–Crippen MR) is 139 cm³/mol. The molecule has 2 aromatic carbocycles. The summed E-state index contributed by atoms with van der Waals surface area (Å²) in [6.07, 6.45) is 0. The Morgan fingerprint density at radius 2 is 1.71 bits per heavy atom. The zero-order chi connectivity index (χ0) is 23.5. The number of nitrogens with one attached hydrogen (secondary N) is 1. The molecule has 5 nitrogen and oxygen atoms in total. The second kappa shape index (κ2) is 9.67. The first kappa shape index (κ1) is 22.1. The molecule has 34 heavy (non-hydrogen) atoms. The third kappa shape index (κ3) is 4.27. The van der Waals surface area contributed by atoms with E-state index in [1.54, 1.807) is 18.3 Å². The number of anilines is 1. The number of aromatic nitrogens is 1. The van der Waals surface area contributed by atoms with Gasteiger partial charge < -0.3 is 14.6 Å². The molecule has 0 spiro atoms. The van der Waals surface area contributed by atoms with Gasteiger partial charge in [0.15, 0.2) is 0 Å². The minimum absolute atomic E-state index is 0.256. The number of rotatable bonds is 7. The summed E-state index contributed by atoms with van der Waals surface area (Å²) in [4.78, 5) is 26.4. The summed E-state index contributed by atoms with van der Waals surface area (Å²) >= 11 is 2.93. The summed E-state index contributed by atoms with van der Waals surface area (Å²) in [6, 6.07) is 23.6. The topological polar surface area (TPSA) is 60.3 Å². The van der Waals surface area contributed by atoms with E-state index in [1.165, 1.54) is 11.3 Å². The Morgan fingerprint density at radius 3 is 2.44 bits per heavy atom. The van der Waals surface area contributed by atoms with Crippen LogP contribution in [0.15, 0.2) is 83.6 Å². The van der Waals surface area contributed by atoms with Crippen molar-refractivity contribution in [3.8, 4) is 11.1 Å². The van der Waals surface area contributed by atoms with E-state index >= 15 is 0 Å². The number of ether oxygens (including phenoxy) is 1. The molecule has 0 fully saturated rings. The normalized spacial score (nSPS) is 11.0. The first-order valence-electron chi connectivity index (χ1n) is 10.9. The third-order valence-corrected chi connectivity index (χ3v) is 7.27. The second-order valence-corrected chi connectivity index (χ2v) is 9.49. The Morgan fingerprint density at radius 1 is 0.971 bits per heavy atom. The van der Waals surface area contributed by atoms with Gasteiger partial charge in [0, 0.05) is 17.5 Å². The zero-order valence-corrected chi connectivity index (χ0v) is 20.1. The number of amides is 1. The van der Waals surface area contributed by atoms with E-state index in [1.807, 2.05) is 88.1 Å². The predicted octanol–water partition coefficient (Wildman–Crippen LogP) is 6.91. The molecule has 0 aliphatic heterocycles. The van der Waals surface area contributed by atoms with Crippen molar-refractivity contribution in [2.45, 2.75) is 13.5 Å². The first-order valence-corrected chi connectivity index (χ1v) is 12.7. The Bertz CT molecular complexity index is 1450. The van der Waals surface area contributed by atoms with Crippen LogP contribution in [0.2, 0.25) is 0 Å². The second-order valence-electron chi connectivity index (χ2n) is 7.67. The van der Waals surface area contributed by atoms with Crippen LogP contribution in [-0.2, 0) is 11.3 Å². The van der Waals surface area contributed by atoms with Gasteiger partial charge in [-0.05, 0) is 35.6 Å². The Hall–Kier alpha value is -3.68. The SMILES string of the molecule is CCOC(=O)c1c(-c2ccccc2)csc1NC(=O)c1cc2sccc2n1Cc1ccccc1. The lowest BCUT2D eigenvalue weighted by molar-refractivity contribution is 0.0529. The fourth-order valence-corrected chi connectivity index (χ4v) is 5.73. The molecule has 5 rings (SSSR count). The van der Waals surface area contributed by atoms with Gasteiger partial charge in [0.2, 0.25) is 0 Å². The Balaban J connectivity index is 1.52. The van der Waals surface area contributed by atoms with Crippen LogP contribution in [-0.4, -0.2) is 23.1 Å². The molecule has 3 heterocycles. The van der Waals surface area contributed by atoms with Crippen LogP contribution in [0.3, 0.4) is 0 Å². The molecule has 0 aliphatic rings. The third-order valence-electron chi connectivity index (χ3n) is 5.52. The fraction of sp³-hybridized carbons (Fsp3) is 0.111. The fourth-order valence-electron chi connectivity index (χ4n) is 3.95. The summed E-state index contributed by atoms with van der Waals surface area (Å²) in [7, 11) is 0. The minimum atomic E-state index is -0.446. The Labute approximate surface area is 205 Å². The molecule has 0 saturated heterocycles. The highest BCUT2D eigenvalue weighted by atomic mass is 32.1. The number of benzene rings is 2. The lowest BCUT2D eigenvalue weighted by Gasteiger charge is -2.12. The zero-order valence-electron chi connectivity index (χ0n) is 18.5. The number of nitrogens with zero attached hydrogens (tertiary/aromatic N) is 1. The maximum Gasteiger partial charge on any atom is 0.341 e. The van der Waals surface area contributed by atoms with Gasteiger partial charge in [-0.15, -0.1) is 22.7 Å². The van der Waals surface area contributed by atoms with E-state index in [2.05, 4.69) is 5.32 Å². The van der Waals surface area contributed by atoms with Crippen molar-refractivity contribution in [2.24, 2.45) is 0 Å². The van der Waals surface area contributed by atoms with Gasteiger partial charge in [-0.1, -0.05) is 60.7 Å². The molecular weight excluding hydrogens is 464 g/mol. The van der Waals surface area contributed by atoms with Crippen molar-refractivity contribution < 1.29 is 14.3 Å². The van der Waals surface area contributed by atoms with Gasteiger partial charge in [-0.3, -0.25) is 4.79 Å². The summed E-state index contributed by atoms with van der Waals surface area (Å²) in [5.41, 5.74) is 4.70. The average Bonchev–Trinajstić information content (AvgIpc) is 3.56. The molecule has 1 amide bonds. The van der Waals surface area contributed by atoms with Crippen LogP contribution in [0.1, 0.15) is 33.3 Å².